The van der Waals surface area contributed by atoms with Gasteiger partial charge in [-0.1, -0.05) is 12.1 Å². The minimum atomic E-state index is -1.93. The quantitative estimate of drug-likeness (QED) is 0.135. The number of phenolic OH excluding ortho intramolecular Hbond substituents is 1. The molecule has 0 aromatic heterocycles. The fraction of sp³-hybridized carbons (Fsp3) is 0.367. The summed E-state index contributed by atoms with van der Waals surface area (Å²) in [5.74, 6) is -1.97. The van der Waals surface area contributed by atoms with Crippen LogP contribution in [0.25, 0.3) is 5.76 Å². The van der Waals surface area contributed by atoms with Crippen molar-refractivity contribution in [2.45, 2.75) is 43.2 Å². The summed E-state index contributed by atoms with van der Waals surface area (Å²) in [5, 5.41) is 70.7. The van der Waals surface area contributed by atoms with E-state index in [-0.39, 0.29) is 35.2 Å². The van der Waals surface area contributed by atoms with E-state index in [9.17, 15) is 35.4 Å². The lowest BCUT2D eigenvalue weighted by Crippen LogP contribution is -2.61. The van der Waals surface area contributed by atoms with Gasteiger partial charge in [-0.05, 0) is 35.8 Å². The molecule has 0 bridgehead atoms. The van der Waals surface area contributed by atoms with E-state index in [0.29, 0.717) is 36.7 Å². The van der Waals surface area contributed by atoms with Gasteiger partial charge in [0, 0.05) is 31.2 Å². The van der Waals surface area contributed by atoms with Gasteiger partial charge in [0.05, 0.1) is 6.61 Å². The number of carboxylic acids is 1. The van der Waals surface area contributed by atoms with Crippen molar-refractivity contribution < 1.29 is 64.5 Å². The first-order valence-electron chi connectivity index (χ1n) is 14.0. The Hall–Kier alpha value is -4.67. The maximum Gasteiger partial charge on any atom is 0.335 e. The zero-order valence-corrected chi connectivity index (χ0v) is 24.1. The number of aliphatic imine (C=N–C) groups is 1. The lowest BCUT2D eigenvalue weighted by molar-refractivity contribution is -0.271. The molecule has 1 saturated heterocycles. The second kappa shape index (κ2) is 13.5. The summed E-state index contributed by atoms with van der Waals surface area (Å²) >= 11 is 0. The molecule has 9 N–H and O–H groups in total. The number of rotatable bonds is 12. The van der Waals surface area contributed by atoms with Crippen LogP contribution in [-0.2, 0) is 9.53 Å². The molecule has 15 nitrogen and oxygen atoms in total. The molecule has 5 rings (SSSR count). The molecule has 240 valence electrons. The van der Waals surface area contributed by atoms with E-state index in [4.69, 9.17) is 29.1 Å². The topological polar surface area (TPSA) is 235 Å². The first-order valence-corrected chi connectivity index (χ1v) is 14.0. The van der Waals surface area contributed by atoms with Crippen molar-refractivity contribution in [3.05, 3.63) is 59.7 Å². The number of aromatic hydroxyl groups is 1. The Kier molecular flexibility index (Phi) is 9.55. The number of hydrogen-bond donors (Lipinski definition) is 8. The largest absolute Gasteiger partial charge is 0.507 e. The molecule has 2 aromatic carbocycles. The van der Waals surface area contributed by atoms with Crippen LogP contribution in [0.2, 0.25) is 0 Å². The lowest BCUT2D eigenvalue weighted by Gasteiger charge is -2.38. The number of amidine groups is 1. The predicted molar refractivity (Wildman–Crippen MR) is 157 cm³/mol. The summed E-state index contributed by atoms with van der Waals surface area (Å²) in [6.07, 6.45) is -4.73. The monoisotopic (exact) mass is 628 g/mol. The molecule has 15 heteroatoms. The Bertz CT molecular complexity index is 1520. The number of aliphatic hydroxyl groups excluding tert-OH is 4. The molecule has 3 heterocycles. The number of benzene rings is 2. The number of nitrogens with zero attached hydrogens (tertiary/aromatic N) is 1. The smallest absolute Gasteiger partial charge is 0.335 e. The van der Waals surface area contributed by atoms with Gasteiger partial charge in [-0.3, -0.25) is 5.41 Å². The van der Waals surface area contributed by atoms with Crippen molar-refractivity contribution in [1.29, 1.82) is 0 Å². The average Bonchev–Trinajstić information content (AvgIpc) is 3.43. The Morgan fingerprint density at radius 2 is 1.80 bits per heavy atom. The highest BCUT2D eigenvalue weighted by molar-refractivity contribution is 6.13. The molecule has 3 aliphatic heterocycles. The highest BCUT2D eigenvalue weighted by Crippen LogP contribution is 2.51. The van der Waals surface area contributed by atoms with Crippen LogP contribution >= 0.6 is 0 Å². The van der Waals surface area contributed by atoms with Crippen LogP contribution in [-0.4, -0.2) is 106 Å². The highest BCUT2D eigenvalue weighted by atomic mass is 16.7. The summed E-state index contributed by atoms with van der Waals surface area (Å²) in [6.45, 7) is 0.767. The van der Waals surface area contributed by atoms with Gasteiger partial charge >= 0.3 is 11.8 Å². The van der Waals surface area contributed by atoms with Gasteiger partial charge in [-0.2, -0.15) is 0 Å². The fourth-order valence-electron chi connectivity index (χ4n) is 4.85. The molecule has 0 radical (unpaired) electrons. The number of fused-ring (bicyclic) bond motifs is 1. The van der Waals surface area contributed by atoms with E-state index in [2.05, 4.69) is 10.3 Å². The maximum absolute atomic E-state index is 11.6. The SMILES string of the molecule is CNCCOc1c(O[C@@H]2O[C@H](C(=O)O)[C@@H](O)[C@@H](O)[C@H]2O)cc2c(c1O)C(O)=CC(c1ccc(OCCC3=NC(=[NH2+])C=C3)cc1)O2. The van der Waals surface area contributed by atoms with Crippen molar-refractivity contribution in [2.75, 3.05) is 26.8 Å². The van der Waals surface area contributed by atoms with E-state index >= 15 is 0 Å². The molecule has 45 heavy (non-hydrogen) atoms. The number of allylic oxidation sites excluding steroid dienone is 1. The van der Waals surface area contributed by atoms with Crippen molar-refractivity contribution >= 4 is 23.3 Å². The van der Waals surface area contributed by atoms with Crippen molar-refractivity contribution in [1.82, 2.24) is 5.32 Å². The number of aliphatic carboxylic acids is 1. The van der Waals surface area contributed by atoms with Crippen LogP contribution in [0.4, 0.5) is 0 Å². The summed E-state index contributed by atoms with van der Waals surface area (Å²) in [7, 11) is 1.68. The van der Waals surface area contributed by atoms with Crippen molar-refractivity contribution in [3.63, 3.8) is 0 Å². The average molecular weight is 629 g/mol. The van der Waals surface area contributed by atoms with Gasteiger partial charge in [-0.25, -0.2) is 4.79 Å². The summed E-state index contributed by atoms with van der Waals surface area (Å²) < 4.78 is 28.5. The first-order chi connectivity index (χ1) is 21.6. The van der Waals surface area contributed by atoms with Gasteiger partial charge in [0.2, 0.25) is 12.0 Å². The van der Waals surface area contributed by atoms with Crippen LogP contribution in [0.3, 0.4) is 0 Å². The van der Waals surface area contributed by atoms with Gasteiger partial charge < -0.3 is 59.6 Å². The maximum atomic E-state index is 11.6. The van der Waals surface area contributed by atoms with Crippen molar-refractivity contribution in [2.24, 2.45) is 4.99 Å². The summed E-state index contributed by atoms with van der Waals surface area (Å²) in [6, 6.07) is 8.22. The van der Waals surface area contributed by atoms with Crippen LogP contribution in [0.1, 0.15) is 23.7 Å². The molecule has 0 aliphatic carbocycles. The third kappa shape index (κ3) is 6.87. The molecule has 0 amide bonds. The number of hydrogen-bond acceptors (Lipinski definition) is 12. The molecule has 2 aromatic rings. The number of nitrogens with two attached hydrogens (primary N) is 1. The van der Waals surface area contributed by atoms with Crippen LogP contribution < -0.4 is 29.7 Å². The Labute approximate surface area is 256 Å². The van der Waals surface area contributed by atoms with E-state index in [1.165, 1.54) is 12.1 Å². The Morgan fingerprint density at radius 3 is 2.47 bits per heavy atom. The van der Waals surface area contributed by atoms with E-state index < -0.39 is 48.5 Å². The molecular formula is C30H34N3O12+. The molecule has 0 saturated carbocycles. The lowest BCUT2D eigenvalue weighted by atomic mass is 9.99. The van der Waals surface area contributed by atoms with Crippen molar-refractivity contribution in [3.8, 4) is 28.7 Å². The molecule has 1 fully saturated rings. The number of nitrogens with one attached hydrogen (secondary N) is 1. The second-order valence-electron chi connectivity index (χ2n) is 10.3. The number of likely N-dealkylation sites (N-methyl/N-ethyl adjacent to an activating group) is 1. The van der Waals surface area contributed by atoms with E-state index in [1.54, 1.807) is 37.4 Å². The zero-order valence-electron chi connectivity index (χ0n) is 24.1. The minimum absolute atomic E-state index is 0.0315. The predicted octanol–water partition coefficient (Wildman–Crippen LogP) is -0.769. The van der Waals surface area contributed by atoms with E-state index in [0.717, 1.165) is 5.71 Å². The molecular weight excluding hydrogens is 594 g/mol. The molecule has 0 spiro atoms. The van der Waals surface area contributed by atoms with Crippen LogP contribution in [0.5, 0.6) is 28.7 Å². The number of ether oxygens (including phenoxy) is 5. The highest BCUT2D eigenvalue weighted by Gasteiger charge is 2.48. The van der Waals surface area contributed by atoms with Gasteiger partial charge in [0.15, 0.2) is 23.3 Å². The summed E-state index contributed by atoms with van der Waals surface area (Å²) in [5.41, 5.74) is 1.36. The Morgan fingerprint density at radius 1 is 1.04 bits per heavy atom. The summed E-state index contributed by atoms with van der Waals surface area (Å²) in [4.78, 5) is 15.7. The van der Waals surface area contributed by atoms with Crippen LogP contribution in [0.15, 0.2) is 53.6 Å². The third-order valence-electron chi connectivity index (χ3n) is 7.21. The molecule has 1 unspecified atom stereocenters. The first kappa shape index (κ1) is 31.7. The van der Waals surface area contributed by atoms with Gasteiger partial charge in [0.1, 0.15) is 53.8 Å². The number of carboxylic acid groups (broad SMARTS) is 1. The number of carbonyl (C=O) groups is 1. The minimum Gasteiger partial charge on any atom is -0.507 e. The second-order valence-corrected chi connectivity index (χ2v) is 10.3. The normalized spacial score (nSPS) is 25.6. The molecule has 6 atom stereocenters. The molecule has 3 aliphatic rings. The standard InChI is InChI=1S/C30H33N3O12/c1-32-9-11-42-27-20(44-30-26(38)24(36)25(37)28(45-30)29(39)40)13-19-22(23(27)35)17(34)12-18(43-19)14-2-5-16(6-3-14)41-10-8-15-4-7-21(31)33-15/h2-7,12-13,18,24-26,28,30-32,34-38H,8-11H2,1H3,(H,39,40)/p+1/t18?,24-,25+,26-,28+,30-/m1/s1. The zero-order chi connectivity index (χ0) is 32.2. The number of phenols is 1. The van der Waals surface area contributed by atoms with Crippen LogP contribution in [0, 0.1) is 0 Å². The third-order valence-corrected chi connectivity index (χ3v) is 7.21. The van der Waals surface area contributed by atoms with E-state index in [1.807, 2.05) is 6.08 Å². The Balaban J connectivity index is 1.37. The fourth-order valence-corrected chi connectivity index (χ4v) is 4.85. The van der Waals surface area contributed by atoms with Gasteiger partial charge in [0.25, 0.3) is 0 Å². The number of aliphatic hydroxyl groups is 4. The van der Waals surface area contributed by atoms with Gasteiger partial charge in [-0.15, -0.1) is 0 Å².